The van der Waals surface area contributed by atoms with E-state index >= 15 is 0 Å². The van der Waals surface area contributed by atoms with Crippen molar-refractivity contribution in [3.8, 4) is 0 Å². The second-order valence-electron chi connectivity index (χ2n) is 5.60. The maximum absolute atomic E-state index is 12.0. The lowest BCUT2D eigenvalue weighted by atomic mass is 9.96. The van der Waals surface area contributed by atoms with Crippen LogP contribution in [0.25, 0.3) is 10.9 Å². The molecule has 2 heterocycles. The topological polar surface area (TPSA) is 69.2 Å². The summed E-state index contributed by atoms with van der Waals surface area (Å²) >= 11 is 0. The predicted molar refractivity (Wildman–Crippen MR) is 77.4 cm³/mol. The Morgan fingerprint density at radius 1 is 1.45 bits per heavy atom. The maximum Gasteiger partial charge on any atom is 0.258 e. The van der Waals surface area contributed by atoms with Crippen LogP contribution in [-0.2, 0) is 6.54 Å². The molecule has 1 aliphatic rings. The molecule has 1 aromatic carbocycles. The van der Waals surface area contributed by atoms with Crippen LogP contribution in [0.15, 0.2) is 29.1 Å². The zero-order chi connectivity index (χ0) is 14.1. The number of β-amino-alcohol motifs (C(OH)–C–C–N with tert-alkyl or cyclic N) is 1. The van der Waals surface area contributed by atoms with Crippen molar-refractivity contribution in [1.29, 1.82) is 0 Å². The number of nitrogens with one attached hydrogen (secondary N) is 1. The molecule has 0 radical (unpaired) electrons. The summed E-state index contributed by atoms with van der Waals surface area (Å²) in [6, 6.07) is 7.34. The molecule has 20 heavy (non-hydrogen) atoms. The summed E-state index contributed by atoms with van der Waals surface area (Å²) in [5.74, 6) is 1.00. The van der Waals surface area contributed by atoms with E-state index in [1.54, 1.807) is 6.07 Å². The van der Waals surface area contributed by atoms with E-state index in [0.29, 0.717) is 30.2 Å². The smallest absolute Gasteiger partial charge is 0.258 e. The first-order valence-electron chi connectivity index (χ1n) is 7.02. The number of rotatable bonds is 2. The summed E-state index contributed by atoms with van der Waals surface area (Å²) in [7, 11) is 0. The Hall–Kier alpha value is -1.72. The van der Waals surface area contributed by atoms with Gasteiger partial charge in [0, 0.05) is 6.54 Å². The molecule has 3 rings (SSSR count). The summed E-state index contributed by atoms with van der Waals surface area (Å²) in [5.41, 5.74) is 0.619. The van der Waals surface area contributed by atoms with Gasteiger partial charge in [0.15, 0.2) is 0 Å². The number of benzene rings is 1. The van der Waals surface area contributed by atoms with Gasteiger partial charge in [0.05, 0.1) is 23.6 Å². The highest BCUT2D eigenvalue weighted by atomic mass is 16.3. The Bertz CT molecular complexity index is 667. The first-order chi connectivity index (χ1) is 9.63. The third kappa shape index (κ3) is 2.59. The monoisotopic (exact) mass is 273 g/mol. The van der Waals surface area contributed by atoms with Crippen molar-refractivity contribution in [2.24, 2.45) is 5.92 Å². The quantitative estimate of drug-likeness (QED) is 0.860. The van der Waals surface area contributed by atoms with Gasteiger partial charge < -0.3 is 10.1 Å². The molecule has 5 nitrogen and oxygen atoms in total. The summed E-state index contributed by atoms with van der Waals surface area (Å²) in [6.07, 6.45) is 0.676. The molecule has 2 N–H and O–H groups in total. The van der Waals surface area contributed by atoms with Gasteiger partial charge in [0.2, 0.25) is 0 Å². The molecule has 5 heteroatoms. The van der Waals surface area contributed by atoms with Crippen molar-refractivity contribution in [1.82, 2.24) is 14.9 Å². The van der Waals surface area contributed by atoms with Crippen molar-refractivity contribution in [2.45, 2.75) is 26.0 Å². The lowest BCUT2D eigenvalue weighted by Crippen LogP contribution is -2.42. The summed E-state index contributed by atoms with van der Waals surface area (Å²) in [4.78, 5) is 21.5. The number of piperidine rings is 1. The molecule has 1 aliphatic heterocycles. The minimum absolute atomic E-state index is 0.100. The van der Waals surface area contributed by atoms with Crippen molar-refractivity contribution in [3.63, 3.8) is 0 Å². The number of aromatic amines is 1. The summed E-state index contributed by atoms with van der Waals surface area (Å²) in [5, 5.41) is 10.5. The second kappa shape index (κ2) is 5.34. The predicted octanol–water partition coefficient (Wildman–Crippen LogP) is 1.13. The SMILES string of the molecule is CC1CCN(Cc2nc3ccccc3c(=O)[nH]2)CC1O. The molecule has 106 valence electrons. The van der Waals surface area contributed by atoms with Gasteiger partial charge >= 0.3 is 0 Å². The Kier molecular flexibility index (Phi) is 3.54. The Morgan fingerprint density at radius 3 is 3.05 bits per heavy atom. The molecule has 1 aromatic heterocycles. The van der Waals surface area contributed by atoms with Gasteiger partial charge in [-0.2, -0.15) is 0 Å². The number of likely N-dealkylation sites (tertiary alicyclic amines) is 1. The van der Waals surface area contributed by atoms with E-state index in [-0.39, 0.29) is 11.7 Å². The van der Waals surface area contributed by atoms with E-state index in [0.717, 1.165) is 18.5 Å². The molecule has 0 amide bonds. The lowest BCUT2D eigenvalue weighted by Gasteiger charge is -2.33. The minimum atomic E-state index is -0.295. The number of hydrogen-bond donors (Lipinski definition) is 2. The normalized spacial score (nSPS) is 24.1. The molecular weight excluding hydrogens is 254 g/mol. The Morgan fingerprint density at radius 2 is 2.25 bits per heavy atom. The minimum Gasteiger partial charge on any atom is -0.392 e. The fourth-order valence-electron chi connectivity index (χ4n) is 2.68. The average Bonchev–Trinajstić information content (AvgIpc) is 2.43. The van der Waals surface area contributed by atoms with Crippen LogP contribution < -0.4 is 5.56 Å². The molecule has 1 fully saturated rings. The third-order valence-electron chi connectivity index (χ3n) is 4.04. The number of H-pyrrole nitrogens is 1. The zero-order valence-corrected chi connectivity index (χ0v) is 11.5. The van der Waals surface area contributed by atoms with Crippen LogP contribution in [0, 0.1) is 5.92 Å². The summed E-state index contributed by atoms with van der Waals surface area (Å²) < 4.78 is 0. The van der Waals surface area contributed by atoms with Gasteiger partial charge in [0.25, 0.3) is 5.56 Å². The third-order valence-corrected chi connectivity index (χ3v) is 4.04. The molecule has 2 unspecified atom stereocenters. The molecular formula is C15H19N3O2. The van der Waals surface area contributed by atoms with Crippen LogP contribution in [0.5, 0.6) is 0 Å². The van der Waals surface area contributed by atoms with Crippen LogP contribution in [-0.4, -0.2) is 39.2 Å². The van der Waals surface area contributed by atoms with Crippen LogP contribution in [0.2, 0.25) is 0 Å². The largest absolute Gasteiger partial charge is 0.392 e. The maximum atomic E-state index is 12.0. The van der Waals surface area contributed by atoms with Gasteiger partial charge in [-0.3, -0.25) is 9.69 Å². The van der Waals surface area contributed by atoms with E-state index in [4.69, 9.17) is 0 Å². The van der Waals surface area contributed by atoms with Crippen molar-refractivity contribution in [3.05, 3.63) is 40.4 Å². The molecule has 0 aliphatic carbocycles. The number of aromatic nitrogens is 2. The van der Waals surface area contributed by atoms with E-state index in [1.165, 1.54) is 0 Å². The fraction of sp³-hybridized carbons (Fsp3) is 0.467. The van der Waals surface area contributed by atoms with Crippen LogP contribution >= 0.6 is 0 Å². The zero-order valence-electron chi connectivity index (χ0n) is 11.5. The first-order valence-corrected chi connectivity index (χ1v) is 7.02. The number of aliphatic hydroxyl groups excluding tert-OH is 1. The molecule has 2 aromatic rings. The van der Waals surface area contributed by atoms with Gasteiger partial charge in [-0.15, -0.1) is 0 Å². The molecule has 1 saturated heterocycles. The van der Waals surface area contributed by atoms with Gasteiger partial charge in [-0.1, -0.05) is 19.1 Å². The van der Waals surface area contributed by atoms with Gasteiger partial charge in [-0.05, 0) is 31.0 Å². The van der Waals surface area contributed by atoms with Crippen molar-refractivity contribution >= 4 is 10.9 Å². The molecule has 0 saturated carbocycles. The first kappa shape index (κ1) is 13.3. The number of fused-ring (bicyclic) bond motifs is 1. The standard InChI is InChI=1S/C15H19N3O2/c1-10-6-7-18(8-13(10)19)9-14-16-12-5-3-2-4-11(12)15(20)17-14/h2-5,10,13,19H,6-9H2,1H3,(H,16,17,20). The van der Waals surface area contributed by atoms with Crippen molar-refractivity contribution < 1.29 is 5.11 Å². The van der Waals surface area contributed by atoms with Gasteiger partial charge in [-0.25, -0.2) is 4.98 Å². The number of hydrogen-bond acceptors (Lipinski definition) is 4. The number of para-hydroxylation sites is 1. The second-order valence-corrected chi connectivity index (χ2v) is 5.60. The Balaban J connectivity index is 1.83. The highest BCUT2D eigenvalue weighted by Gasteiger charge is 2.24. The highest BCUT2D eigenvalue weighted by Crippen LogP contribution is 2.18. The highest BCUT2D eigenvalue weighted by molar-refractivity contribution is 5.77. The molecule has 0 bridgehead atoms. The van der Waals surface area contributed by atoms with E-state index in [2.05, 4.69) is 21.8 Å². The van der Waals surface area contributed by atoms with Crippen LogP contribution in [0.3, 0.4) is 0 Å². The van der Waals surface area contributed by atoms with E-state index in [1.807, 2.05) is 18.2 Å². The van der Waals surface area contributed by atoms with Gasteiger partial charge in [0.1, 0.15) is 5.82 Å². The van der Waals surface area contributed by atoms with Crippen molar-refractivity contribution in [2.75, 3.05) is 13.1 Å². The molecule has 2 atom stereocenters. The Labute approximate surface area is 117 Å². The fourth-order valence-corrected chi connectivity index (χ4v) is 2.68. The average molecular weight is 273 g/mol. The van der Waals surface area contributed by atoms with E-state index in [9.17, 15) is 9.90 Å². The number of aliphatic hydroxyl groups is 1. The summed E-state index contributed by atoms with van der Waals surface area (Å²) in [6.45, 7) is 4.20. The van der Waals surface area contributed by atoms with Crippen LogP contribution in [0.4, 0.5) is 0 Å². The van der Waals surface area contributed by atoms with E-state index < -0.39 is 0 Å². The van der Waals surface area contributed by atoms with Crippen LogP contribution in [0.1, 0.15) is 19.2 Å². The number of nitrogens with zero attached hydrogens (tertiary/aromatic N) is 2. The lowest BCUT2D eigenvalue weighted by molar-refractivity contribution is 0.0249. The molecule has 0 spiro atoms.